The van der Waals surface area contributed by atoms with Crippen LogP contribution >= 0.6 is 0 Å². The zero-order valence-electron chi connectivity index (χ0n) is 13.6. The summed E-state index contributed by atoms with van der Waals surface area (Å²) >= 11 is 0. The van der Waals surface area contributed by atoms with Crippen LogP contribution in [0.3, 0.4) is 0 Å². The molecule has 0 bridgehead atoms. The molecular weight excluding hydrogens is 218 g/mol. The first-order chi connectivity index (χ1) is 8.40. The van der Waals surface area contributed by atoms with Crippen LogP contribution in [0, 0.1) is 17.3 Å². The SMILES string of the molecule is CCC(C)C(C)NC1CCC(C(C)(C)CC)CC1. The first-order valence-electron chi connectivity index (χ1n) is 8.16. The number of nitrogens with one attached hydrogen (secondary N) is 1. The third-order valence-electron chi connectivity index (χ3n) is 5.74. The van der Waals surface area contributed by atoms with Gasteiger partial charge >= 0.3 is 0 Å². The summed E-state index contributed by atoms with van der Waals surface area (Å²) in [7, 11) is 0. The van der Waals surface area contributed by atoms with Gasteiger partial charge in [0.1, 0.15) is 0 Å². The molecule has 0 aliphatic heterocycles. The highest BCUT2D eigenvalue weighted by Crippen LogP contribution is 2.40. The maximum atomic E-state index is 3.86. The fourth-order valence-electron chi connectivity index (χ4n) is 3.22. The summed E-state index contributed by atoms with van der Waals surface area (Å²) < 4.78 is 0. The van der Waals surface area contributed by atoms with E-state index in [9.17, 15) is 0 Å². The van der Waals surface area contributed by atoms with Crippen molar-refractivity contribution in [1.82, 2.24) is 5.32 Å². The minimum Gasteiger partial charge on any atom is -0.311 e. The van der Waals surface area contributed by atoms with Crippen LogP contribution in [0.5, 0.6) is 0 Å². The van der Waals surface area contributed by atoms with Crippen LogP contribution in [0.2, 0.25) is 0 Å². The predicted molar refractivity (Wildman–Crippen MR) is 81.9 cm³/mol. The van der Waals surface area contributed by atoms with Gasteiger partial charge in [0.15, 0.2) is 0 Å². The Morgan fingerprint density at radius 2 is 1.61 bits per heavy atom. The van der Waals surface area contributed by atoms with E-state index in [1.807, 2.05) is 0 Å². The van der Waals surface area contributed by atoms with Gasteiger partial charge in [-0.3, -0.25) is 0 Å². The van der Waals surface area contributed by atoms with Gasteiger partial charge < -0.3 is 5.32 Å². The van der Waals surface area contributed by atoms with E-state index in [0.717, 1.165) is 17.9 Å². The van der Waals surface area contributed by atoms with E-state index in [-0.39, 0.29) is 0 Å². The molecule has 1 aliphatic rings. The van der Waals surface area contributed by atoms with Gasteiger partial charge in [-0.25, -0.2) is 0 Å². The Kier molecular flexibility index (Phi) is 6.17. The van der Waals surface area contributed by atoms with Gasteiger partial charge in [0.25, 0.3) is 0 Å². The van der Waals surface area contributed by atoms with Crippen molar-refractivity contribution >= 4 is 0 Å². The molecule has 0 spiro atoms. The van der Waals surface area contributed by atoms with Crippen molar-refractivity contribution in [3.63, 3.8) is 0 Å². The van der Waals surface area contributed by atoms with Gasteiger partial charge in [-0.05, 0) is 49.9 Å². The van der Waals surface area contributed by atoms with Crippen molar-refractivity contribution in [2.24, 2.45) is 17.3 Å². The molecule has 1 nitrogen and oxygen atoms in total. The van der Waals surface area contributed by atoms with E-state index in [1.54, 1.807) is 0 Å². The van der Waals surface area contributed by atoms with Gasteiger partial charge in [-0.2, -0.15) is 0 Å². The maximum Gasteiger partial charge on any atom is 0.00698 e. The molecule has 0 aromatic heterocycles. The van der Waals surface area contributed by atoms with Crippen molar-refractivity contribution < 1.29 is 0 Å². The number of rotatable bonds is 6. The van der Waals surface area contributed by atoms with E-state index in [0.29, 0.717) is 11.5 Å². The fourth-order valence-corrected chi connectivity index (χ4v) is 3.22. The average molecular weight is 253 g/mol. The Hall–Kier alpha value is -0.0400. The van der Waals surface area contributed by atoms with E-state index in [2.05, 4.69) is 46.9 Å². The Bertz CT molecular complexity index is 226. The van der Waals surface area contributed by atoms with Crippen molar-refractivity contribution in [3.05, 3.63) is 0 Å². The maximum absolute atomic E-state index is 3.86. The molecule has 1 N–H and O–H groups in total. The van der Waals surface area contributed by atoms with Crippen LogP contribution in [0.15, 0.2) is 0 Å². The van der Waals surface area contributed by atoms with Crippen LogP contribution in [0.4, 0.5) is 0 Å². The minimum absolute atomic E-state index is 0.549. The first kappa shape index (κ1) is 16.0. The lowest BCUT2D eigenvalue weighted by Crippen LogP contribution is -2.43. The Labute approximate surface area is 115 Å². The third-order valence-corrected chi connectivity index (χ3v) is 5.74. The molecule has 0 aromatic carbocycles. The van der Waals surface area contributed by atoms with E-state index < -0.39 is 0 Å². The van der Waals surface area contributed by atoms with Gasteiger partial charge in [-0.1, -0.05) is 47.5 Å². The third kappa shape index (κ3) is 4.26. The lowest BCUT2D eigenvalue weighted by molar-refractivity contribution is 0.131. The van der Waals surface area contributed by atoms with E-state index >= 15 is 0 Å². The Balaban J connectivity index is 2.36. The molecule has 1 rings (SSSR count). The molecular formula is C17H35N. The van der Waals surface area contributed by atoms with Gasteiger partial charge in [0.05, 0.1) is 0 Å². The standard InChI is InChI=1S/C17H35N/c1-7-13(3)14(4)18-16-11-9-15(10-12-16)17(5,6)8-2/h13-16,18H,7-12H2,1-6H3. The second-order valence-corrected chi connectivity index (χ2v) is 7.23. The zero-order chi connectivity index (χ0) is 13.8. The highest BCUT2D eigenvalue weighted by Gasteiger charge is 2.32. The number of hydrogen-bond donors (Lipinski definition) is 1. The number of hydrogen-bond acceptors (Lipinski definition) is 1. The largest absolute Gasteiger partial charge is 0.311 e. The zero-order valence-corrected chi connectivity index (χ0v) is 13.6. The molecule has 0 heterocycles. The van der Waals surface area contributed by atoms with Crippen molar-refractivity contribution in [2.45, 2.75) is 92.2 Å². The molecule has 1 heteroatoms. The summed E-state index contributed by atoms with van der Waals surface area (Å²) in [5, 5.41) is 3.86. The Morgan fingerprint density at radius 3 is 2.06 bits per heavy atom. The van der Waals surface area contributed by atoms with Crippen LogP contribution in [0.25, 0.3) is 0 Å². The lowest BCUT2D eigenvalue weighted by atomic mass is 9.69. The second-order valence-electron chi connectivity index (χ2n) is 7.23. The molecule has 1 saturated carbocycles. The van der Waals surface area contributed by atoms with E-state index in [1.165, 1.54) is 38.5 Å². The monoisotopic (exact) mass is 253 g/mol. The van der Waals surface area contributed by atoms with Gasteiger partial charge in [0.2, 0.25) is 0 Å². The molecule has 1 fully saturated rings. The molecule has 108 valence electrons. The van der Waals surface area contributed by atoms with Crippen molar-refractivity contribution in [2.75, 3.05) is 0 Å². The molecule has 18 heavy (non-hydrogen) atoms. The first-order valence-corrected chi connectivity index (χ1v) is 8.16. The summed E-state index contributed by atoms with van der Waals surface area (Å²) in [6.45, 7) is 14.3. The minimum atomic E-state index is 0.549. The van der Waals surface area contributed by atoms with Gasteiger partial charge in [-0.15, -0.1) is 0 Å². The quantitative estimate of drug-likeness (QED) is 0.702. The fraction of sp³-hybridized carbons (Fsp3) is 1.00. The molecule has 0 saturated heterocycles. The second kappa shape index (κ2) is 6.93. The average Bonchev–Trinajstić information content (AvgIpc) is 2.38. The van der Waals surface area contributed by atoms with Crippen LogP contribution in [-0.4, -0.2) is 12.1 Å². The highest BCUT2D eigenvalue weighted by atomic mass is 14.9. The summed E-state index contributed by atoms with van der Waals surface area (Å²) in [6, 6.07) is 1.45. The molecule has 2 unspecified atom stereocenters. The van der Waals surface area contributed by atoms with Crippen molar-refractivity contribution in [3.8, 4) is 0 Å². The highest BCUT2D eigenvalue weighted by molar-refractivity contribution is 4.86. The van der Waals surface area contributed by atoms with Crippen molar-refractivity contribution in [1.29, 1.82) is 0 Å². The molecule has 2 atom stereocenters. The summed E-state index contributed by atoms with van der Waals surface area (Å²) in [4.78, 5) is 0. The van der Waals surface area contributed by atoms with E-state index in [4.69, 9.17) is 0 Å². The van der Waals surface area contributed by atoms with Crippen LogP contribution in [0.1, 0.15) is 80.1 Å². The summed E-state index contributed by atoms with van der Waals surface area (Å²) in [5.74, 6) is 1.74. The topological polar surface area (TPSA) is 12.0 Å². The molecule has 1 aliphatic carbocycles. The van der Waals surface area contributed by atoms with Gasteiger partial charge in [0, 0.05) is 12.1 Å². The molecule has 0 amide bonds. The Morgan fingerprint density at radius 1 is 1.06 bits per heavy atom. The lowest BCUT2D eigenvalue weighted by Gasteiger charge is -2.40. The van der Waals surface area contributed by atoms with Crippen LogP contribution in [-0.2, 0) is 0 Å². The van der Waals surface area contributed by atoms with Crippen LogP contribution < -0.4 is 5.32 Å². The molecule has 0 radical (unpaired) electrons. The summed E-state index contributed by atoms with van der Waals surface area (Å²) in [6.07, 6.45) is 8.21. The predicted octanol–water partition coefficient (Wildman–Crippen LogP) is 5.01. The molecule has 0 aromatic rings. The summed E-state index contributed by atoms with van der Waals surface area (Å²) in [5.41, 5.74) is 0.549. The smallest absolute Gasteiger partial charge is 0.00698 e. The normalized spacial score (nSPS) is 29.0.